The normalized spacial score (nSPS) is 22.9. The van der Waals surface area contributed by atoms with E-state index >= 15 is 0 Å². The van der Waals surface area contributed by atoms with Gasteiger partial charge in [-0.25, -0.2) is 0 Å². The van der Waals surface area contributed by atoms with Crippen molar-refractivity contribution in [2.45, 2.75) is 39.2 Å². The molecule has 1 aliphatic rings. The fourth-order valence-corrected chi connectivity index (χ4v) is 3.95. The second-order valence-electron chi connectivity index (χ2n) is 4.05. The highest BCUT2D eigenvalue weighted by molar-refractivity contribution is 7.86. The Morgan fingerprint density at radius 3 is 2.41 bits per heavy atom. The van der Waals surface area contributed by atoms with Crippen molar-refractivity contribution in [1.82, 2.24) is 8.61 Å². The van der Waals surface area contributed by atoms with Gasteiger partial charge >= 0.3 is 5.97 Å². The van der Waals surface area contributed by atoms with Crippen molar-refractivity contribution in [3.05, 3.63) is 0 Å². The van der Waals surface area contributed by atoms with Gasteiger partial charge in [-0.15, -0.1) is 0 Å². The van der Waals surface area contributed by atoms with Gasteiger partial charge in [0.05, 0.1) is 0 Å². The molecule has 100 valence electrons. The molecule has 0 bridgehead atoms. The third kappa shape index (κ3) is 2.97. The van der Waals surface area contributed by atoms with E-state index in [1.165, 1.54) is 4.31 Å². The van der Waals surface area contributed by atoms with E-state index in [1.807, 2.05) is 0 Å². The Hall–Kier alpha value is -0.660. The van der Waals surface area contributed by atoms with Crippen molar-refractivity contribution in [2.75, 3.05) is 19.6 Å². The molecule has 6 nitrogen and oxygen atoms in total. The summed E-state index contributed by atoms with van der Waals surface area (Å²) < 4.78 is 26.9. The van der Waals surface area contributed by atoms with Crippen molar-refractivity contribution in [3.63, 3.8) is 0 Å². The smallest absolute Gasteiger partial charge is 0.322 e. The maximum atomic E-state index is 12.3. The van der Waals surface area contributed by atoms with Gasteiger partial charge in [0.25, 0.3) is 10.2 Å². The van der Waals surface area contributed by atoms with Gasteiger partial charge in [-0.1, -0.05) is 13.8 Å². The maximum absolute atomic E-state index is 12.3. The summed E-state index contributed by atoms with van der Waals surface area (Å²) in [5.41, 5.74) is 0. The molecule has 1 heterocycles. The molecule has 7 heteroatoms. The zero-order chi connectivity index (χ0) is 13.1. The van der Waals surface area contributed by atoms with Crippen LogP contribution in [0.15, 0.2) is 0 Å². The van der Waals surface area contributed by atoms with E-state index in [9.17, 15) is 13.2 Å². The van der Waals surface area contributed by atoms with E-state index in [-0.39, 0.29) is 0 Å². The van der Waals surface area contributed by atoms with Crippen LogP contribution in [0, 0.1) is 0 Å². The van der Waals surface area contributed by atoms with Gasteiger partial charge in [-0.2, -0.15) is 17.0 Å². The molecule has 0 aromatic rings. The second kappa shape index (κ2) is 5.79. The Bertz CT molecular complexity index is 365. The molecule has 17 heavy (non-hydrogen) atoms. The zero-order valence-corrected chi connectivity index (χ0v) is 11.1. The van der Waals surface area contributed by atoms with Gasteiger partial charge in [0.1, 0.15) is 6.04 Å². The lowest BCUT2D eigenvalue weighted by molar-refractivity contribution is -0.142. The molecule has 1 saturated heterocycles. The summed E-state index contributed by atoms with van der Waals surface area (Å²) in [4.78, 5) is 11.1. The molecular weight excluding hydrogens is 244 g/mol. The fourth-order valence-electron chi connectivity index (χ4n) is 2.13. The SMILES string of the molecule is CCN(CC)S(=O)(=O)N1CCCCC1C(=O)O. The summed E-state index contributed by atoms with van der Waals surface area (Å²) in [6.07, 6.45) is 1.89. The number of carboxylic acids is 1. The number of carboxylic acid groups (broad SMARTS) is 1. The van der Waals surface area contributed by atoms with Crippen molar-refractivity contribution in [3.8, 4) is 0 Å². The highest BCUT2D eigenvalue weighted by Gasteiger charge is 2.38. The zero-order valence-electron chi connectivity index (χ0n) is 10.3. The van der Waals surface area contributed by atoms with Crippen LogP contribution < -0.4 is 0 Å². The average molecular weight is 264 g/mol. The number of nitrogens with zero attached hydrogens (tertiary/aromatic N) is 2. The average Bonchev–Trinajstić information content (AvgIpc) is 2.30. The van der Waals surface area contributed by atoms with Crippen LogP contribution >= 0.6 is 0 Å². The minimum absolute atomic E-state index is 0.301. The first-order chi connectivity index (χ1) is 7.95. The van der Waals surface area contributed by atoms with E-state index in [4.69, 9.17) is 5.11 Å². The molecule has 1 rings (SSSR count). The fraction of sp³-hybridized carbons (Fsp3) is 0.900. The van der Waals surface area contributed by atoms with Gasteiger partial charge < -0.3 is 5.11 Å². The van der Waals surface area contributed by atoms with E-state index in [2.05, 4.69) is 0 Å². The molecule has 1 fully saturated rings. The molecule has 0 aliphatic carbocycles. The molecule has 0 amide bonds. The monoisotopic (exact) mass is 264 g/mol. The highest BCUT2D eigenvalue weighted by Crippen LogP contribution is 2.22. The Morgan fingerprint density at radius 2 is 1.94 bits per heavy atom. The van der Waals surface area contributed by atoms with Crippen molar-refractivity contribution in [2.24, 2.45) is 0 Å². The van der Waals surface area contributed by atoms with Crippen LogP contribution in [0.4, 0.5) is 0 Å². The van der Waals surface area contributed by atoms with Crippen LogP contribution in [-0.2, 0) is 15.0 Å². The molecule has 0 aromatic heterocycles. The summed E-state index contributed by atoms with van der Waals surface area (Å²) in [5, 5.41) is 9.07. The van der Waals surface area contributed by atoms with Gasteiger partial charge in [0.2, 0.25) is 0 Å². The molecule has 1 N–H and O–H groups in total. The molecule has 0 saturated carbocycles. The summed E-state index contributed by atoms with van der Waals surface area (Å²) in [5.74, 6) is -1.06. The van der Waals surface area contributed by atoms with Gasteiger partial charge in [-0.3, -0.25) is 4.79 Å². The quantitative estimate of drug-likeness (QED) is 0.785. The molecule has 1 aliphatic heterocycles. The first-order valence-electron chi connectivity index (χ1n) is 5.94. The number of rotatable bonds is 5. The van der Waals surface area contributed by atoms with Gasteiger partial charge in [0, 0.05) is 19.6 Å². The topological polar surface area (TPSA) is 77.9 Å². The lowest BCUT2D eigenvalue weighted by atomic mass is 10.1. The third-order valence-corrected chi connectivity index (χ3v) is 5.27. The Morgan fingerprint density at radius 1 is 1.35 bits per heavy atom. The molecular formula is C10H20N2O4S. The van der Waals surface area contributed by atoms with Crippen molar-refractivity contribution < 1.29 is 18.3 Å². The third-order valence-electron chi connectivity index (χ3n) is 3.07. The summed E-state index contributed by atoms with van der Waals surface area (Å²) >= 11 is 0. The predicted octanol–water partition coefficient (Wildman–Crippen LogP) is 0.512. The Kier molecular flexibility index (Phi) is 4.91. The van der Waals surface area contributed by atoms with Crippen LogP contribution in [-0.4, -0.2) is 53.8 Å². The van der Waals surface area contributed by atoms with Crippen LogP contribution in [0.2, 0.25) is 0 Å². The maximum Gasteiger partial charge on any atom is 0.322 e. The number of carbonyl (C=O) groups is 1. The van der Waals surface area contributed by atoms with E-state index < -0.39 is 22.2 Å². The minimum Gasteiger partial charge on any atom is -0.480 e. The second-order valence-corrected chi connectivity index (χ2v) is 5.93. The molecule has 0 aromatic carbocycles. The van der Waals surface area contributed by atoms with Crippen molar-refractivity contribution in [1.29, 1.82) is 0 Å². The van der Waals surface area contributed by atoms with Crippen molar-refractivity contribution >= 4 is 16.2 Å². The van der Waals surface area contributed by atoms with E-state index in [0.717, 1.165) is 17.1 Å². The summed E-state index contributed by atoms with van der Waals surface area (Å²) in [6.45, 7) is 4.53. The number of piperidine rings is 1. The largest absolute Gasteiger partial charge is 0.480 e. The highest BCUT2D eigenvalue weighted by atomic mass is 32.2. The van der Waals surface area contributed by atoms with Crippen LogP contribution in [0.5, 0.6) is 0 Å². The number of hydrogen-bond donors (Lipinski definition) is 1. The first kappa shape index (κ1) is 14.4. The number of hydrogen-bond acceptors (Lipinski definition) is 3. The standard InChI is InChI=1S/C10H20N2O4S/c1-3-11(4-2)17(15,16)12-8-6-5-7-9(12)10(13)14/h9H,3-8H2,1-2H3,(H,13,14). The minimum atomic E-state index is -3.63. The molecule has 0 spiro atoms. The predicted molar refractivity (Wildman–Crippen MR) is 63.8 cm³/mol. The Balaban J connectivity index is 2.98. The van der Waals surface area contributed by atoms with Crippen LogP contribution in [0.1, 0.15) is 33.1 Å². The van der Waals surface area contributed by atoms with Crippen LogP contribution in [0.3, 0.4) is 0 Å². The molecule has 1 unspecified atom stereocenters. The Labute approximate surface area is 102 Å². The molecule has 1 atom stereocenters. The summed E-state index contributed by atoms with van der Waals surface area (Å²) in [6, 6.07) is -0.908. The van der Waals surface area contributed by atoms with Crippen LogP contribution in [0.25, 0.3) is 0 Å². The number of aliphatic carboxylic acids is 1. The first-order valence-corrected chi connectivity index (χ1v) is 7.34. The van der Waals surface area contributed by atoms with E-state index in [0.29, 0.717) is 26.1 Å². The molecule has 0 radical (unpaired) electrons. The van der Waals surface area contributed by atoms with Gasteiger partial charge in [0.15, 0.2) is 0 Å². The van der Waals surface area contributed by atoms with Gasteiger partial charge in [-0.05, 0) is 19.3 Å². The summed E-state index contributed by atoms with van der Waals surface area (Å²) in [7, 11) is -3.63. The van der Waals surface area contributed by atoms with E-state index in [1.54, 1.807) is 13.8 Å². The lowest BCUT2D eigenvalue weighted by Gasteiger charge is -2.35. The lowest BCUT2D eigenvalue weighted by Crippen LogP contribution is -2.53.